The lowest BCUT2D eigenvalue weighted by atomic mass is 10.1. The Morgan fingerprint density at radius 2 is 2.07 bits per heavy atom. The summed E-state index contributed by atoms with van der Waals surface area (Å²) in [6.07, 6.45) is 3.03. The Labute approximate surface area is 156 Å². The molecule has 28 heavy (non-hydrogen) atoms. The number of halogens is 3. The van der Waals surface area contributed by atoms with E-state index in [1.165, 1.54) is 24.4 Å². The molecule has 1 atom stereocenters. The topological polar surface area (TPSA) is 93.5 Å². The lowest BCUT2D eigenvalue weighted by Crippen LogP contribution is -2.10. The third-order valence-electron chi connectivity index (χ3n) is 4.03. The molecule has 144 valence electrons. The van der Waals surface area contributed by atoms with E-state index < -0.39 is 6.61 Å². The maximum absolute atomic E-state index is 13.5. The van der Waals surface area contributed by atoms with Gasteiger partial charge in [-0.15, -0.1) is 5.10 Å². The molecule has 0 saturated heterocycles. The van der Waals surface area contributed by atoms with Crippen molar-refractivity contribution >= 4 is 22.8 Å². The van der Waals surface area contributed by atoms with Gasteiger partial charge in [-0.3, -0.25) is 5.10 Å². The molecule has 0 spiro atoms. The van der Waals surface area contributed by atoms with E-state index in [-0.39, 0.29) is 17.7 Å². The number of hydrogen-bond donors (Lipinski definition) is 2. The Bertz CT molecular complexity index is 1110. The summed E-state index contributed by atoms with van der Waals surface area (Å²) in [5, 5.41) is 13.3. The number of anilines is 2. The van der Waals surface area contributed by atoms with E-state index in [4.69, 9.17) is 0 Å². The quantitative estimate of drug-likeness (QED) is 0.523. The zero-order valence-electron chi connectivity index (χ0n) is 14.5. The SMILES string of the molecule is CC(c1cccc(F)c1)n1ncc2ncc(Nc3cc(OC(F)F)n[nH]3)nc21. The Morgan fingerprint density at radius 3 is 2.86 bits per heavy atom. The lowest BCUT2D eigenvalue weighted by Gasteiger charge is -2.13. The van der Waals surface area contributed by atoms with Gasteiger partial charge in [0.1, 0.15) is 17.2 Å². The molecule has 0 aliphatic rings. The molecule has 11 heteroatoms. The summed E-state index contributed by atoms with van der Waals surface area (Å²) in [5.41, 5.74) is 1.76. The zero-order valence-corrected chi connectivity index (χ0v) is 14.5. The number of ether oxygens (including phenoxy) is 1. The van der Waals surface area contributed by atoms with Gasteiger partial charge in [0.15, 0.2) is 11.5 Å². The van der Waals surface area contributed by atoms with Crippen LogP contribution >= 0.6 is 0 Å². The van der Waals surface area contributed by atoms with E-state index in [2.05, 4.69) is 35.3 Å². The Balaban J connectivity index is 1.62. The molecule has 1 unspecified atom stereocenters. The van der Waals surface area contributed by atoms with Gasteiger partial charge in [-0.2, -0.15) is 13.9 Å². The number of alkyl halides is 2. The molecular formula is C17H14F3N7O. The highest BCUT2D eigenvalue weighted by atomic mass is 19.3. The van der Waals surface area contributed by atoms with Crippen molar-refractivity contribution in [1.82, 2.24) is 29.9 Å². The number of nitrogens with one attached hydrogen (secondary N) is 2. The average molecular weight is 389 g/mol. The van der Waals surface area contributed by atoms with Gasteiger partial charge in [0.2, 0.25) is 5.88 Å². The van der Waals surface area contributed by atoms with E-state index in [9.17, 15) is 13.2 Å². The molecule has 0 amide bonds. The minimum absolute atomic E-state index is 0.253. The number of benzene rings is 1. The van der Waals surface area contributed by atoms with Crippen molar-refractivity contribution in [2.75, 3.05) is 5.32 Å². The van der Waals surface area contributed by atoms with E-state index in [0.717, 1.165) is 5.56 Å². The summed E-state index contributed by atoms with van der Waals surface area (Å²) >= 11 is 0. The van der Waals surface area contributed by atoms with Gasteiger partial charge in [-0.05, 0) is 24.6 Å². The highest BCUT2D eigenvalue weighted by Gasteiger charge is 2.15. The molecule has 1 aromatic carbocycles. The second-order valence-electron chi connectivity index (χ2n) is 5.91. The molecule has 8 nitrogen and oxygen atoms in total. The van der Waals surface area contributed by atoms with E-state index in [1.54, 1.807) is 23.0 Å². The molecule has 0 aliphatic heterocycles. The fourth-order valence-corrected chi connectivity index (χ4v) is 2.73. The van der Waals surface area contributed by atoms with Crippen LogP contribution in [0.4, 0.5) is 24.8 Å². The third-order valence-corrected chi connectivity index (χ3v) is 4.03. The predicted molar refractivity (Wildman–Crippen MR) is 94.0 cm³/mol. The highest BCUT2D eigenvalue weighted by molar-refractivity contribution is 5.72. The van der Waals surface area contributed by atoms with E-state index >= 15 is 0 Å². The van der Waals surface area contributed by atoms with Gasteiger partial charge in [0.05, 0.1) is 18.4 Å². The summed E-state index contributed by atoms with van der Waals surface area (Å²) in [7, 11) is 0. The summed E-state index contributed by atoms with van der Waals surface area (Å²) in [6.45, 7) is -1.10. The van der Waals surface area contributed by atoms with Crippen LogP contribution in [0.3, 0.4) is 0 Å². The van der Waals surface area contributed by atoms with Crippen molar-refractivity contribution in [2.45, 2.75) is 19.6 Å². The molecule has 0 fully saturated rings. The van der Waals surface area contributed by atoms with Crippen molar-refractivity contribution in [2.24, 2.45) is 0 Å². The molecule has 3 aromatic heterocycles. The van der Waals surface area contributed by atoms with Crippen LogP contribution in [-0.4, -0.2) is 36.6 Å². The number of rotatable bonds is 6. The smallest absolute Gasteiger partial charge is 0.388 e. The van der Waals surface area contributed by atoms with Crippen molar-refractivity contribution < 1.29 is 17.9 Å². The molecule has 4 rings (SSSR count). The first-order valence-electron chi connectivity index (χ1n) is 8.22. The van der Waals surface area contributed by atoms with Crippen LogP contribution in [-0.2, 0) is 0 Å². The number of H-pyrrole nitrogens is 1. The monoisotopic (exact) mass is 389 g/mol. The Kier molecular flexibility index (Phi) is 4.55. The van der Waals surface area contributed by atoms with Crippen molar-refractivity contribution in [3.8, 4) is 5.88 Å². The van der Waals surface area contributed by atoms with Crippen LogP contribution in [0, 0.1) is 5.82 Å². The number of aromatic nitrogens is 6. The fourth-order valence-electron chi connectivity index (χ4n) is 2.73. The van der Waals surface area contributed by atoms with Crippen molar-refractivity contribution in [3.05, 3.63) is 54.1 Å². The number of aromatic amines is 1. The first-order chi connectivity index (χ1) is 13.5. The molecule has 3 heterocycles. The minimum Gasteiger partial charge on any atom is -0.415 e. The summed E-state index contributed by atoms with van der Waals surface area (Å²) in [4.78, 5) is 8.74. The first kappa shape index (κ1) is 17.8. The first-order valence-corrected chi connectivity index (χ1v) is 8.22. The molecule has 0 aliphatic carbocycles. The summed E-state index contributed by atoms with van der Waals surface area (Å²) < 4.78 is 43.8. The normalized spacial score (nSPS) is 12.5. The van der Waals surface area contributed by atoms with Gasteiger partial charge in [-0.25, -0.2) is 19.0 Å². The fraction of sp³-hybridized carbons (Fsp3) is 0.176. The Hall–Kier alpha value is -3.63. The van der Waals surface area contributed by atoms with Crippen LogP contribution in [0.1, 0.15) is 18.5 Å². The van der Waals surface area contributed by atoms with Crippen LogP contribution in [0.25, 0.3) is 11.2 Å². The largest absolute Gasteiger partial charge is 0.415 e. The Morgan fingerprint density at radius 1 is 1.21 bits per heavy atom. The van der Waals surface area contributed by atoms with E-state index in [1.807, 2.05) is 6.92 Å². The predicted octanol–water partition coefficient (Wildman–Crippen LogP) is 3.64. The van der Waals surface area contributed by atoms with Gasteiger partial charge < -0.3 is 10.1 Å². The third kappa shape index (κ3) is 3.59. The van der Waals surface area contributed by atoms with Gasteiger partial charge in [-0.1, -0.05) is 12.1 Å². The zero-order chi connectivity index (χ0) is 19.7. The maximum atomic E-state index is 13.5. The van der Waals surface area contributed by atoms with Crippen LogP contribution in [0.15, 0.2) is 42.7 Å². The highest BCUT2D eigenvalue weighted by Crippen LogP contribution is 2.24. The van der Waals surface area contributed by atoms with Crippen molar-refractivity contribution in [3.63, 3.8) is 0 Å². The van der Waals surface area contributed by atoms with Gasteiger partial charge >= 0.3 is 6.61 Å². The van der Waals surface area contributed by atoms with E-state index in [0.29, 0.717) is 22.8 Å². The molecule has 4 aromatic rings. The standard InChI is InChI=1S/C17H14F3N7O/c1-9(10-3-2-4-11(18)5-10)27-16-12(7-22-27)21-8-14(24-16)23-13-6-15(26-25-13)28-17(19)20/h2-9,17H,1H3,(H2,23,24,25,26). The summed E-state index contributed by atoms with van der Waals surface area (Å²) in [5.74, 6) is 0.0492. The molecule has 0 saturated carbocycles. The second kappa shape index (κ2) is 7.18. The molecule has 2 N–H and O–H groups in total. The second-order valence-corrected chi connectivity index (χ2v) is 5.91. The van der Waals surface area contributed by atoms with Gasteiger partial charge in [0.25, 0.3) is 0 Å². The number of hydrogen-bond acceptors (Lipinski definition) is 6. The van der Waals surface area contributed by atoms with Crippen LogP contribution in [0.5, 0.6) is 5.88 Å². The number of nitrogens with zero attached hydrogens (tertiary/aromatic N) is 5. The van der Waals surface area contributed by atoms with Gasteiger partial charge in [0, 0.05) is 6.07 Å². The minimum atomic E-state index is -2.97. The average Bonchev–Trinajstić information content (AvgIpc) is 3.27. The summed E-state index contributed by atoms with van der Waals surface area (Å²) in [6, 6.07) is 7.22. The van der Waals surface area contributed by atoms with Crippen LogP contribution < -0.4 is 10.1 Å². The maximum Gasteiger partial charge on any atom is 0.388 e. The number of fused-ring (bicyclic) bond motifs is 1. The van der Waals surface area contributed by atoms with Crippen molar-refractivity contribution in [1.29, 1.82) is 0 Å². The molecule has 0 radical (unpaired) electrons. The molecule has 0 bridgehead atoms. The molecular weight excluding hydrogens is 375 g/mol. The lowest BCUT2D eigenvalue weighted by molar-refractivity contribution is -0.0528. The van der Waals surface area contributed by atoms with Crippen LogP contribution in [0.2, 0.25) is 0 Å².